The average Bonchev–Trinajstić information content (AvgIpc) is 1.60. The van der Waals surface area contributed by atoms with Gasteiger partial charge in [0.2, 0.25) is 29.5 Å². The number of carbonyl (C=O) groups is 7. The van der Waals surface area contributed by atoms with Gasteiger partial charge in [-0.1, -0.05) is 196 Å². The van der Waals surface area contributed by atoms with Crippen LogP contribution >= 0.6 is 34.2 Å². The molecule has 10 saturated carbocycles. The number of imidazole rings is 1. The van der Waals surface area contributed by atoms with Gasteiger partial charge < -0.3 is 73.5 Å². The molecule has 1 aromatic heterocycles. The van der Waals surface area contributed by atoms with Crippen LogP contribution in [-0.2, 0) is 69.1 Å². The number of nitrogens with zero attached hydrogens (tertiary/aromatic N) is 1. The number of nitrogens with one attached hydrogen (secondary N) is 13. The van der Waals surface area contributed by atoms with Crippen LogP contribution in [0.25, 0.3) is 21.8 Å². The highest BCUT2D eigenvalue weighted by Crippen LogP contribution is 2.59. The van der Waals surface area contributed by atoms with Gasteiger partial charge >= 0.3 is 6.18 Å². The number of aryl methyl sites for hydroxylation is 2. The molecule has 782 valence electrons. The summed E-state index contributed by atoms with van der Waals surface area (Å²) in [6.45, 7) is 31.3. The minimum Gasteiger partial charge on any atom is -0.491 e. The predicted molar refractivity (Wildman–Crippen MR) is 578 cm³/mol. The molecule has 7 aliphatic heterocycles. The average molecular weight is 2130 g/mol. The van der Waals surface area contributed by atoms with Crippen molar-refractivity contribution in [2.24, 2.45) is 130 Å². The molecule has 17 fully saturated rings. The van der Waals surface area contributed by atoms with Gasteiger partial charge in [0.05, 0.1) is 39.3 Å². The number of hydrogen-bond donors (Lipinski definition) is 13. The van der Waals surface area contributed by atoms with E-state index < -0.39 is 11.7 Å². The second-order valence-corrected chi connectivity index (χ2v) is 49.6. The lowest BCUT2D eigenvalue weighted by atomic mass is 9.76. The molecule has 5 amide bonds. The lowest BCUT2D eigenvalue weighted by molar-refractivity contribution is -0.138. The Bertz CT molecular complexity index is 6180. The molecule has 0 radical (unpaired) electrons. The van der Waals surface area contributed by atoms with Crippen LogP contribution in [0.15, 0.2) is 194 Å². The van der Waals surface area contributed by atoms with E-state index in [9.17, 15) is 46.7 Å². The summed E-state index contributed by atoms with van der Waals surface area (Å²) in [7, 11) is 0. The Morgan fingerprint density at radius 2 is 0.952 bits per heavy atom. The maximum atomic E-state index is 13.1. The van der Waals surface area contributed by atoms with Gasteiger partial charge in [-0.25, -0.2) is 4.98 Å². The Labute approximate surface area is 882 Å². The molecule has 147 heavy (non-hydrogen) atoms. The van der Waals surface area contributed by atoms with E-state index >= 15 is 0 Å². The minimum atomic E-state index is -4.32. The van der Waals surface area contributed by atoms with Crippen LogP contribution < -0.4 is 68.5 Å². The van der Waals surface area contributed by atoms with Crippen LogP contribution in [0.2, 0.25) is 5.02 Å². The van der Waals surface area contributed by atoms with E-state index in [2.05, 4.69) is 267 Å². The largest absolute Gasteiger partial charge is 0.491 e. The Morgan fingerprint density at radius 1 is 0.483 bits per heavy atom. The first-order chi connectivity index (χ1) is 70.6. The number of piperidine rings is 7. The number of benzene rings is 8. The number of rotatable bonds is 28. The molecule has 10 aliphatic carbocycles. The van der Waals surface area contributed by atoms with E-state index in [4.69, 9.17) is 16.3 Å². The van der Waals surface area contributed by atoms with Crippen molar-refractivity contribution in [1.82, 2.24) is 73.8 Å². The Morgan fingerprint density at radius 3 is 1.48 bits per heavy atom. The predicted octanol–water partition coefficient (Wildman–Crippen LogP) is 16.9. The number of ketones is 2. The van der Waals surface area contributed by atoms with E-state index in [-0.39, 0.29) is 110 Å². The highest BCUT2D eigenvalue weighted by atomic mass is 127. The third-order valence-corrected chi connectivity index (χ3v) is 37.1. The van der Waals surface area contributed by atoms with Crippen molar-refractivity contribution >= 4 is 97.1 Å². The summed E-state index contributed by atoms with van der Waals surface area (Å²) in [6.07, 6.45) is 8.72. The lowest BCUT2D eigenvalue weighted by Crippen LogP contribution is -2.48. The normalized spacial score (nSPS) is 29.7. The van der Waals surface area contributed by atoms with Crippen molar-refractivity contribution in [2.75, 3.05) is 98.2 Å². The molecular formula is C120H149ClF3IN14O8. The number of halogens is 5. The Kier molecular flexibility index (Phi) is 30.8. The zero-order valence-corrected chi connectivity index (χ0v) is 89.2. The first-order valence-corrected chi connectivity index (χ1v) is 56.0. The summed E-state index contributed by atoms with van der Waals surface area (Å²) in [5, 5.41) is 42.9. The highest BCUT2D eigenvalue weighted by Gasteiger charge is 2.64. The topological polar surface area (TPSA) is 302 Å². The number of H-pyrrole nitrogens is 1. The third kappa shape index (κ3) is 24.2. The van der Waals surface area contributed by atoms with Gasteiger partial charge in [0.25, 0.3) is 0 Å². The number of hydrogen-bond acceptors (Lipinski definition) is 16. The molecule has 8 heterocycles. The Balaban J connectivity index is 0.000000104. The molecular weight excluding hydrogens is 1980 g/mol. The summed E-state index contributed by atoms with van der Waals surface area (Å²) in [5.74, 6) is 13.4. The van der Waals surface area contributed by atoms with Crippen molar-refractivity contribution in [1.29, 1.82) is 0 Å². The number of Topliss-reactive ketones (excluding diaryl/α,β-unsaturated/α-hetero) is 2. The molecule has 17 aliphatic rings. The molecule has 8 aromatic carbocycles. The van der Waals surface area contributed by atoms with Crippen LogP contribution in [0, 0.1) is 140 Å². The van der Waals surface area contributed by atoms with Crippen molar-refractivity contribution in [3.8, 4) is 5.75 Å². The molecule has 0 spiro atoms. The van der Waals surface area contributed by atoms with E-state index in [0.717, 1.165) is 183 Å². The SMILES string of the molecule is CC(C)(CC(=O)C1[C@H]2CNC[C@@H]12)c1nc2ccc(Cl)cc2[nH]1.CC(C)(CCc1ccccc1)NC(=O)C1[C@H]2CNC[C@@H]12.CC(C)(NC(=O)C1[C@H]2CNC[C@@H]12)c1ccccc1.CC(NC(=O)C1[C@H]2CNC[C@@H]12)c1cccc2ccccc12.Cc1cc(I)ccc1OCC1(NC(=O)C2[C@H]3CNC[C@@H]23)CC1.O=C(CC1(Cc2ccccc2C(F)(F)F)CC1)C1[C@H]2CNC[C@@H]12.O=C(NC1(c2ccccc2)CCCCC1)C1[C@H]2CNC[C@@H]12. The van der Waals surface area contributed by atoms with Gasteiger partial charge in [-0.2, -0.15) is 13.2 Å². The van der Waals surface area contributed by atoms with Crippen molar-refractivity contribution in [2.45, 2.75) is 185 Å². The molecule has 0 bridgehead atoms. The molecule has 9 aromatic rings. The number of aromatic nitrogens is 2. The number of ether oxygens (including phenoxy) is 1. The van der Waals surface area contributed by atoms with E-state index in [1.165, 1.54) is 56.4 Å². The molecule has 27 heteroatoms. The fourth-order valence-electron chi connectivity index (χ4n) is 26.6. The maximum absolute atomic E-state index is 13.1. The summed E-state index contributed by atoms with van der Waals surface area (Å²) < 4.78 is 46.6. The number of amides is 5. The molecule has 7 saturated heterocycles. The van der Waals surface area contributed by atoms with Gasteiger partial charge in [-0.15, -0.1) is 0 Å². The summed E-state index contributed by atoms with van der Waals surface area (Å²) in [4.78, 5) is 95.2. The zero-order chi connectivity index (χ0) is 103. The fourth-order valence-corrected chi connectivity index (χ4v) is 27.4. The van der Waals surface area contributed by atoms with E-state index in [0.29, 0.717) is 131 Å². The first kappa shape index (κ1) is 105. The van der Waals surface area contributed by atoms with Crippen LogP contribution in [-0.4, -0.2) is 160 Å². The highest BCUT2D eigenvalue weighted by molar-refractivity contribution is 14.1. The standard InChI is InChI=1S/C18H20F3NO.C18H20N2O.C18H24N2O.C17H20ClN3O.C17H21IN2O2.C17H24N2O.C15H20N2O/c19-18(20,21)14-4-2-1-3-11(14)7-17(5-6-17)8-15(23)16-12-9-22-10-13(12)16;1-11(20-18(21)17-15-9-19-10-16(15)17)13-8-4-6-12-5-2-3-7-14(12)13;21-17(16-14-11-19-12-15(14)16)20-18(9-5-2-6-10-18)13-7-3-1-4-8-13;1-17(2,6-14(22)15-10-7-19-8-11(10)15)16-20-12-4-3-9(18)5-13(12)21-16;1-10-6-11(18)2-3-14(10)22-9-17(4-5-17)20-16(21)15-12-7-19-8-13(12)15;1-17(2,9-8-12-6-4-3-5-7-12)19-16(20)15-13-10-18-11-14(13)15;1-15(2,10-6-4-3-5-7-10)17-14(18)13-11-8-16-9-12(11)13/h1-4,12-13,16,22H,5-10H2;2-8,11,15-17,19H,9-10H2,1H3,(H,20,21);1,3-4,7-8,14-16,19H,2,5-6,9-12H2,(H,20,21);3-5,10-11,15,19H,6-8H2,1-2H3,(H,20,21);2-3,6,12-13,15,19H,4-5,7-9H2,1H3,(H,20,21);3-7,13-15,18H,8-11H2,1-2H3,(H,19,20);3-7,11-13,16H,8-9H2,1-2H3,(H,17,18)/t12-,13+,16?;11?,15-,16+,17?;14-,15+,16?;10-,11+,15?;12-,13+,15?;13-,14+,15?;11-,12+,13?. The zero-order valence-electron chi connectivity index (χ0n) is 86.3. The van der Waals surface area contributed by atoms with E-state index in [1.807, 2.05) is 54.6 Å². The summed E-state index contributed by atoms with van der Waals surface area (Å²) >= 11 is 8.33. The van der Waals surface area contributed by atoms with Crippen LogP contribution in [0.5, 0.6) is 5.75 Å². The second kappa shape index (κ2) is 43.3. The van der Waals surface area contributed by atoms with Crippen molar-refractivity contribution in [3.05, 3.63) is 247 Å². The third-order valence-electron chi connectivity index (χ3n) is 36.2. The number of carbonyl (C=O) groups excluding carboxylic acids is 7. The van der Waals surface area contributed by atoms with Gasteiger partial charge in [0, 0.05) is 73.8 Å². The van der Waals surface area contributed by atoms with Crippen molar-refractivity contribution < 1.29 is 51.5 Å². The molecule has 22 nitrogen and oxygen atoms in total. The monoisotopic (exact) mass is 2130 g/mol. The van der Waals surface area contributed by atoms with Crippen molar-refractivity contribution in [3.63, 3.8) is 0 Å². The molecule has 22 atom stereocenters. The second-order valence-electron chi connectivity index (χ2n) is 47.9. The fraction of sp³-hybridized carbons (Fsp3) is 0.550. The summed E-state index contributed by atoms with van der Waals surface area (Å²) in [6, 6.07) is 63.5. The van der Waals surface area contributed by atoms with Gasteiger partial charge in [-0.05, 0) is 388 Å². The summed E-state index contributed by atoms with van der Waals surface area (Å²) in [5.41, 5.74) is 6.60. The number of aromatic amines is 1. The van der Waals surface area contributed by atoms with E-state index in [1.54, 1.807) is 12.1 Å². The minimum absolute atomic E-state index is 0.0536. The lowest BCUT2D eigenvalue weighted by Gasteiger charge is -2.39. The number of alkyl halides is 3. The maximum Gasteiger partial charge on any atom is 0.416 e. The quantitative estimate of drug-likeness (QED) is 0.0203. The van der Waals surface area contributed by atoms with Gasteiger partial charge in [-0.3, -0.25) is 33.6 Å². The van der Waals surface area contributed by atoms with Crippen LogP contribution in [0.4, 0.5) is 13.2 Å². The Hall–Kier alpha value is -9.49. The van der Waals surface area contributed by atoms with Crippen LogP contribution in [0.3, 0.4) is 0 Å². The number of fused-ring (bicyclic) bond motifs is 9. The molecule has 8 unspecified atom stereocenters. The first-order valence-electron chi connectivity index (χ1n) is 54.6. The molecule has 26 rings (SSSR count). The van der Waals surface area contributed by atoms with Gasteiger partial charge in [0.1, 0.15) is 29.7 Å². The van der Waals surface area contributed by atoms with Gasteiger partial charge in [0.15, 0.2) is 0 Å². The molecule has 13 N–H and O–H groups in total. The smallest absolute Gasteiger partial charge is 0.416 e. The van der Waals surface area contributed by atoms with Crippen LogP contribution in [0.1, 0.15) is 176 Å².